The maximum absolute atomic E-state index is 12.9. The first-order valence-electron chi connectivity index (χ1n) is 4.10. The Kier molecular flexibility index (Phi) is 1.77. The molecule has 3 nitrogen and oxygen atoms in total. The molecule has 1 aromatic carbocycles. The van der Waals surface area contributed by atoms with Gasteiger partial charge >= 0.3 is 5.97 Å². The number of aryl methyl sites for hydroxylation is 1. The lowest BCUT2D eigenvalue weighted by atomic mass is 10.1. The van der Waals surface area contributed by atoms with Crippen molar-refractivity contribution in [2.24, 2.45) is 0 Å². The van der Waals surface area contributed by atoms with Crippen molar-refractivity contribution in [3.8, 4) is 0 Å². The molecule has 2 aromatic rings. The molecule has 4 heteroatoms. The molecule has 14 heavy (non-hydrogen) atoms. The monoisotopic (exact) mass is 193 g/mol. The number of benzene rings is 1. The molecule has 0 bridgehead atoms. The van der Waals surface area contributed by atoms with Crippen molar-refractivity contribution in [3.63, 3.8) is 0 Å². The number of fused-ring (bicyclic) bond motifs is 1. The van der Waals surface area contributed by atoms with Crippen LogP contribution in [-0.2, 0) is 0 Å². The summed E-state index contributed by atoms with van der Waals surface area (Å²) in [6.45, 7) is 1.69. The molecule has 0 aliphatic carbocycles. The highest BCUT2D eigenvalue weighted by atomic mass is 19.1. The Labute approximate surface area is 79.2 Å². The second kappa shape index (κ2) is 2.83. The van der Waals surface area contributed by atoms with E-state index in [1.165, 1.54) is 18.3 Å². The Bertz CT molecular complexity index is 516. The minimum Gasteiger partial charge on any atom is -0.478 e. The van der Waals surface area contributed by atoms with Crippen molar-refractivity contribution in [3.05, 3.63) is 35.3 Å². The molecule has 0 aliphatic rings. The van der Waals surface area contributed by atoms with Crippen molar-refractivity contribution in [2.75, 3.05) is 0 Å². The number of halogens is 1. The van der Waals surface area contributed by atoms with Crippen LogP contribution in [0.2, 0.25) is 0 Å². The average Bonchev–Trinajstić information content (AvgIpc) is 2.47. The molecule has 1 heterocycles. The topological polar surface area (TPSA) is 53.1 Å². The fraction of sp³-hybridized carbons (Fsp3) is 0.100. The Balaban J connectivity index is 2.85. The molecule has 0 amide bonds. The Morgan fingerprint density at radius 1 is 1.50 bits per heavy atom. The van der Waals surface area contributed by atoms with Crippen LogP contribution in [0.5, 0.6) is 0 Å². The van der Waals surface area contributed by atoms with E-state index in [-0.39, 0.29) is 11.4 Å². The average molecular weight is 193 g/mol. The van der Waals surface area contributed by atoms with Gasteiger partial charge in [-0.2, -0.15) is 0 Å². The molecule has 0 fully saturated rings. The highest BCUT2D eigenvalue weighted by Crippen LogP contribution is 2.23. The van der Waals surface area contributed by atoms with E-state index in [1.807, 2.05) is 0 Å². The van der Waals surface area contributed by atoms with Gasteiger partial charge in [0.25, 0.3) is 0 Å². The van der Waals surface area contributed by atoms with Crippen molar-refractivity contribution >= 4 is 16.9 Å². The number of hydrogen-bond acceptors (Lipinski definition) is 1. The minimum absolute atomic E-state index is 0.178. The fourth-order valence-corrected chi connectivity index (χ4v) is 1.61. The van der Waals surface area contributed by atoms with Crippen LogP contribution < -0.4 is 0 Å². The number of carboxylic acid groups (broad SMARTS) is 1. The third-order valence-electron chi connectivity index (χ3n) is 2.17. The second-order valence-corrected chi connectivity index (χ2v) is 3.15. The first-order chi connectivity index (χ1) is 6.59. The van der Waals surface area contributed by atoms with Crippen LogP contribution in [0, 0.1) is 12.7 Å². The predicted octanol–water partition coefficient (Wildman–Crippen LogP) is 2.31. The summed E-state index contributed by atoms with van der Waals surface area (Å²) >= 11 is 0. The molecule has 72 valence electrons. The largest absolute Gasteiger partial charge is 0.478 e. The summed E-state index contributed by atoms with van der Waals surface area (Å²) in [4.78, 5) is 13.5. The van der Waals surface area contributed by atoms with Gasteiger partial charge in [0, 0.05) is 17.1 Å². The predicted molar refractivity (Wildman–Crippen MR) is 50.0 cm³/mol. The number of nitrogens with one attached hydrogen (secondary N) is 1. The van der Waals surface area contributed by atoms with E-state index in [1.54, 1.807) is 6.92 Å². The van der Waals surface area contributed by atoms with Crippen LogP contribution >= 0.6 is 0 Å². The Morgan fingerprint density at radius 3 is 2.86 bits per heavy atom. The van der Waals surface area contributed by atoms with E-state index in [0.717, 1.165) is 0 Å². The van der Waals surface area contributed by atoms with Crippen LogP contribution in [0.4, 0.5) is 4.39 Å². The highest BCUT2D eigenvalue weighted by molar-refractivity contribution is 6.04. The summed E-state index contributed by atoms with van der Waals surface area (Å²) in [5.74, 6) is -1.38. The lowest BCUT2D eigenvalue weighted by molar-refractivity contribution is 0.0699. The highest BCUT2D eigenvalue weighted by Gasteiger charge is 2.13. The summed E-state index contributed by atoms with van der Waals surface area (Å²) in [5.41, 5.74) is 1.32. The SMILES string of the molecule is Cc1cc(F)cc2[nH]cc(C(=O)O)c12. The smallest absolute Gasteiger partial charge is 0.337 e. The number of hydrogen-bond donors (Lipinski definition) is 2. The number of aromatic carboxylic acids is 1. The molecular formula is C10H8FNO2. The van der Waals surface area contributed by atoms with E-state index in [9.17, 15) is 9.18 Å². The molecule has 0 aliphatic heterocycles. The lowest BCUT2D eigenvalue weighted by Crippen LogP contribution is -1.95. The van der Waals surface area contributed by atoms with Gasteiger partial charge in [-0.05, 0) is 24.6 Å². The first kappa shape index (κ1) is 8.74. The van der Waals surface area contributed by atoms with Gasteiger partial charge in [-0.3, -0.25) is 0 Å². The summed E-state index contributed by atoms with van der Waals surface area (Å²) in [5, 5.41) is 9.42. The van der Waals surface area contributed by atoms with Gasteiger partial charge in [0.15, 0.2) is 0 Å². The number of rotatable bonds is 1. The molecule has 0 radical (unpaired) electrons. The normalized spacial score (nSPS) is 10.7. The third kappa shape index (κ3) is 1.16. The van der Waals surface area contributed by atoms with Crippen molar-refractivity contribution in [1.82, 2.24) is 4.98 Å². The van der Waals surface area contributed by atoms with Gasteiger partial charge in [0.1, 0.15) is 5.82 Å². The lowest BCUT2D eigenvalue weighted by Gasteiger charge is -1.98. The van der Waals surface area contributed by atoms with Gasteiger partial charge in [-0.1, -0.05) is 0 Å². The zero-order valence-electron chi connectivity index (χ0n) is 7.47. The van der Waals surface area contributed by atoms with Crippen molar-refractivity contribution in [2.45, 2.75) is 6.92 Å². The number of aromatic amines is 1. The van der Waals surface area contributed by atoms with Gasteiger partial charge in [0.05, 0.1) is 5.56 Å². The van der Waals surface area contributed by atoms with Gasteiger partial charge in [-0.25, -0.2) is 9.18 Å². The third-order valence-corrected chi connectivity index (χ3v) is 2.17. The van der Waals surface area contributed by atoms with E-state index in [4.69, 9.17) is 5.11 Å². The molecule has 0 spiro atoms. The Hall–Kier alpha value is -1.84. The van der Waals surface area contributed by atoms with Crippen LogP contribution in [0.1, 0.15) is 15.9 Å². The zero-order valence-corrected chi connectivity index (χ0v) is 7.47. The van der Waals surface area contributed by atoms with Gasteiger partial charge < -0.3 is 10.1 Å². The summed E-state index contributed by atoms with van der Waals surface area (Å²) in [6.07, 6.45) is 1.37. The molecule has 0 atom stereocenters. The van der Waals surface area contributed by atoms with Crippen LogP contribution in [0.25, 0.3) is 10.9 Å². The van der Waals surface area contributed by atoms with Gasteiger partial charge in [-0.15, -0.1) is 0 Å². The van der Waals surface area contributed by atoms with E-state index >= 15 is 0 Å². The van der Waals surface area contributed by atoms with E-state index in [2.05, 4.69) is 4.98 Å². The number of aromatic nitrogens is 1. The number of carboxylic acids is 1. The second-order valence-electron chi connectivity index (χ2n) is 3.15. The molecular weight excluding hydrogens is 185 g/mol. The molecule has 1 aromatic heterocycles. The first-order valence-corrected chi connectivity index (χ1v) is 4.10. The van der Waals surface area contributed by atoms with E-state index < -0.39 is 5.97 Å². The number of H-pyrrole nitrogens is 1. The zero-order chi connectivity index (χ0) is 10.3. The van der Waals surface area contributed by atoms with E-state index in [0.29, 0.717) is 16.5 Å². The summed E-state index contributed by atoms with van der Waals surface area (Å²) < 4.78 is 12.9. The molecule has 0 saturated carbocycles. The molecule has 0 saturated heterocycles. The molecule has 2 N–H and O–H groups in total. The fourth-order valence-electron chi connectivity index (χ4n) is 1.61. The standard InChI is InChI=1S/C10H8FNO2/c1-5-2-6(11)3-8-9(5)7(4-12-8)10(13)14/h2-4,12H,1H3,(H,13,14). The Morgan fingerprint density at radius 2 is 2.21 bits per heavy atom. The van der Waals surface area contributed by atoms with Gasteiger partial charge in [0.2, 0.25) is 0 Å². The molecule has 0 unspecified atom stereocenters. The minimum atomic E-state index is -1.01. The number of carbonyl (C=O) groups is 1. The molecule has 2 rings (SSSR count). The quantitative estimate of drug-likeness (QED) is 0.730. The van der Waals surface area contributed by atoms with Crippen LogP contribution in [-0.4, -0.2) is 16.1 Å². The van der Waals surface area contributed by atoms with Crippen molar-refractivity contribution in [1.29, 1.82) is 0 Å². The summed E-state index contributed by atoms with van der Waals surface area (Å²) in [7, 11) is 0. The maximum Gasteiger partial charge on any atom is 0.337 e. The maximum atomic E-state index is 12.9. The van der Waals surface area contributed by atoms with Crippen LogP contribution in [0.3, 0.4) is 0 Å². The van der Waals surface area contributed by atoms with Crippen molar-refractivity contribution < 1.29 is 14.3 Å². The van der Waals surface area contributed by atoms with Crippen LogP contribution in [0.15, 0.2) is 18.3 Å². The summed E-state index contributed by atoms with van der Waals surface area (Å²) in [6, 6.07) is 2.61.